The van der Waals surface area contributed by atoms with E-state index in [0.717, 1.165) is 10.0 Å². The summed E-state index contributed by atoms with van der Waals surface area (Å²) in [6.07, 6.45) is -3.01. The molecule has 126 valence electrons. The number of rotatable bonds is 3. The molecule has 0 amide bonds. The van der Waals surface area contributed by atoms with Crippen LogP contribution < -0.4 is 4.46 Å². The van der Waals surface area contributed by atoms with Gasteiger partial charge in [0.2, 0.25) is 0 Å². The van der Waals surface area contributed by atoms with Gasteiger partial charge >= 0.3 is 149 Å². The first-order valence-electron chi connectivity index (χ1n) is 8.59. The minimum absolute atomic E-state index is 0.0457. The van der Waals surface area contributed by atoms with Gasteiger partial charge in [0.1, 0.15) is 0 Å². The van der Waals surface area contributed by atoms with Crippen molar-refractivity contribution in [3.05, 3.63) is 66.2 Å². The zero-order chi connectivity index (χ0) is 17.2. The van der Waals surface area contributed by atoms with Crippen molar-refractivity contribution in [1.82, 2.24) is 0 Å². The van der Waals surface area contributed by atoms with E-state index >= 15 is 0 Å². The number of ether oxygens (including phenoxy) is 3. The summed E-state index contributed by atoms with van der Waals surface area (Å²) in [6, 6.07) is 19.6. The van der Waals surface area contributed by atoms with Gasteiger partial charge < -0.3 is 0 Å². The van der Waals surface area contributed by atoms with Crippen molar-refractivity contribution in [2.45, 2.75) is 36.0 Å². The van der Waals surface area contributed by atoms with Crippen LogP contribution in [-0.2, 0) is 14.2 Å². The maximum atomic E-state index is 10.6. The van der Waals surface area contributed by atoms with Crippen LogP contribution in [0.15, 0.2) is 60.7 Å². The molecule has 5 heteroatoms. The topological polar surface area (TPSA) is 47.9 Å². The number of hydrogen-bond acceptors (Lipinski definition) is 4. The van der Waals surface area contributed by atoms with E-state index in [9.17, 15) is 5.11 Å². The summed E-state index contributed by atoms with van der Waals surface area (Å²) in [4.78, 5) is 0. The van der Waals surface area contributed by atoms with Crippen molar-refractivity contribution in [1.29, 1.82) is 0 Å². The van der Waals surface area contributed by atoms with Crippen LogP contribution >= 0.6 is 0 Å². The predicted octanol–water partition coefficient (Wildman–Crippen LogP) is 1.61. The van der Waals surface area contributed by atoms with Gasteiger partial charge in [0, 0.05) is 0 Å². The fourth-order valence-corrected chi connectivity index (χ4v) is 5.08. The van der Waals surface area contributed by atoms with E-state index in [1.165, 1.54) is 0 Å². The third-order valence-corrected chi connectivity index (χ3v) is 6.32. The molecule has 2 aromatic carbocycles. The second-order valence-electron chi connectivity index (χ2n) is 5.83. The minimum atomic E-state index is -0.885. The van der Waals surface area contributed by atoms with Crippen LogP contribution in [0.4, 0.5) is 0 Å². The van der Waals surface area contributed by atoms with E-state index in [1.807, 2.05) is 60.7 Å². The Morgan fingerprint density at radius 2 is 1.71 bits per heavy atom. The van der Waals surface area contributed by atoms with E-state index in [0.29, 0.717) is 6.61 Å². The second-order valence-corrected chi connectivity index (χ2v) is 8.29. The van der Waals surface area contributed by atoms with Crippen molar-refractivity contribution >= 4 is 19.4 Å². The van der Waals surface area contributed by atoms with Gasteiger partial charge in [0.25, 0.3) is 0 Å². The molecule has 0 radical (unpaired) electrons. The van der Waals surface area contributed by atoms with Crippen LogP contribution in [0.3, 0.4) is 0 Å². The molecule has 0 spiro atoms. The first kappa shape index (κ1) is 15.1. The Morgan fingerprint density at radius 3 is 2.46 bits per heavy atom. The van der Waals surface area contributed by atoms with Crippen LogP contribution in [0.25, 0.3) is 0 Å². The monoisotopic (exact) mass is 394 g/mol. The Bertz CT molecular complexity index is 684. The molecule has 0 bridgehead atoms. The second kappa shape index (κ2) is 7.36. The number of hydrogen-bond donors (Lipinski definition) is 1. The molecule has 6 atom stereocenters. The SMILES string of the molecule is [3H]C1[C@@H]([Se]c2ccccc2)OC2COC(c3ccccc3)O[C@@H]2[C@@H]1O. The predicted molar refractivity (Wildman–Crippen MR) is 91.1 cm³/mol. The average Bonchev–Trinajstić information content (AvgIpc) is 2.67. The summed E-state index contributed by atoms with van der Waals surface area (Å²) >= 11 is -0.0457. The third kappa shape index (κ3) is 3.57. The molecule has 2 saturated heterocycles. The molecule has 3 unspecified atom stereocenters. The molecule has 0 aromatic heterocycles. The number of fused-ring (bicyclic) bond motifs is 1. The van der Waals surface area contributed by atoms with Gasteiger partial charge in [-0.1, -0.05) is 0 Å². The molecule has 2 fully saturated rings. The van der Waals surface area contributed by atoms with E-state index in [-0.39, 0.29) is 26.1 Å². The van der Waals surface area contributed by atoms with Gasteiger partial charge in [-0.15, -0.1) is 0 Å². The van der Waals surface area contributed by atoms with E-state index in [2.05, 4.69) is 0 Å². The van der Waals surface area contributed by atoms with Gasteiger partial charge in [0.05, 0.1) is 0 Å². The van der Waals surface area contributed by atoms with Crippen molar-refractivity contribution in [2.24, 2.45) is 0 Å². The van der Waals surface area contributed by atoms with E-state index in [4.69, 9.17) is 15.6 Å². The van der Waals surface area contributed by atoms with Crippen LogP contribution in [0, 0.1) is 0 Å². The summed E-state index contributed by atoms with van der Waals surface area (Å²) in [7, 11) is 0. The Morgan fingerprint density at radius 1 is 1.00 bits per heavy atom. The summed E-state index contributed by atoms with van der Waals surface area (Å²) in [5.74, 6) is 0. The number of benzene rings is 2. The first-order valence-corrected chi connectivity index (χ1v) is 9.86. The average molecular weight is 393 g/mol. The molecule has 4 rings (SSSR count). The molecule has 2 aromatic rings. The fraction of sp³-hybridized carbons (Fsp3) is 0.368. The van der Waals surface area contributed by atoms with Gasteiger partial charge in [-0.2, -0.15) is 0 Å². The summed E-state index contributed by atoms with van der Waals surface area (Å²) in [5, 5.41) is 10.3. The fourth-order valence-electron chi connectivity index (χ4n) is 2.94. The maximum absolute atomic E-state index is 10.6. The standard InChI is InChI=1S/C19H20O4Se/c20-15-11-17(24-14-9-5-2-6-10-14)22-16-12-21-19(23-18(15)16)13-7-3-1-4-8-13/h1-10,15-20H,11-12H2/t15-,16?,17-,18-,19?/m1/s1/i11T/t11?,15-,16?,17-,18-,19?. The molecule has 2 heterocycles. The number of aliphatic hydroxyl groups is 1. The Kier molecular flexibility index (Phi) is 4.63. The Labute approximate surface area is 149 Å². The Hall–Kier alpha value is -1.20. The summed E-state index contributed by atoms with van der Waals surface area (Å²) in [5.41, 5.74) is 0.908. The van der Waals surface area contributed by atoms with Crippen molar-refractivity contribution in [2.75, 3.05) is 6.61 Å². The van der Waals surface area contributed by atoms with Gasteiger partial charge in [-0.25, -0.2) is 0 Å². The number of aliphatic hydroxyl groups excluding tert-OH is 1. The van der Waals surface area contributed by atoms with E-state index < -0.39 is 24.9 Å². The van der Waals surface area contributed by atoms with Gasteiger partial charge in [0.15, 0.2) is 0 Å². The van der Waals surface area contributed by atoms with Crippen LogP contribution in [0.2, 0.25) is 0 Å². The van der Waals surface area contributed by atoms with Crippen LogP contribution in [0.1, 0.15) is 19.6 Å². The molecular weight excluding hydrogens is 371 g/mol. The van der Waals surface area contributed by atoms with E-state index in [1.54, 1.807) is 0 Å². The van der Waals surface area contributed by atoms with Gasteiger partial charge in [-0.05, 0) is 0 Å². The molecule has 0 saturated carbocycles. The molecule has 0 aliphatic carbocycles. The van der Waals surface area contributed by atoms with Crippen molar-refractivity contribution in [3.63, 3.8) is 0 Å². The molecule has 24 heavy (non-hydrogen) atoms. The first-order chi connectivity index (χ1) is 12.2. The van der Waals surface area contributed by atoms with Crippen molar-refractivity contribution < 1.29 is 20.7 Å². The quantitative estimate of drug-likeness (QED) is 0.806. The molecule has 2 aliphatic heterocycles. The Balaban J connectivity index is 1.46. The third-order valence-electron chi connectivity index (χ3n) is 4.13. The summed E-state index contributed by atoms with van der Waals surface area (Å²) < 4.78 is 27.4. The van der Waals surface area contributed by atoms with Crippen molar-refractivity contribution in [3.8, 4) is 0 Å². The molecule has 4 nitrogen and oxygen atoms in total. The van der Waals surface area contributed by atoms with Gasteiger partial charge in [-0.3, -0.25) is 0 Å². The molecule has 1 N–H and O–H groups in total. The zero-order valence-corrected chi connectivity index (χ0v) is 14.7. The van der Waals surface area contributed by atoms with Crippen LogP contribution in [0.5, 0.6) is 0 Å². The zero-order valence-electron chi connectivity index (χ0n) is 14.0. The molecule has 2 aliphatic rings. The molecular formula is C19H20O4Se. The normalized spacial score (nSPS) is 36.6. The summed E-state index contributed by atoms with van der Waals surface area (Å²) in [6.45, 7) is 0.357. The van der Waals surface area contributed by atoms with Crippen LogP contribution in [-0.4, -0.2) is 50.0 Å².